The third-order valence-corrected chi connectivity index (χ3v) is 1.73. The Balaban J connectivity index is 3.56. The molecule has 0 aliphatic heterocycles. The van der Waals surface area contributed by atoms with Crippen molar-refractivity contribution >= 4 is 0 Å². The van der Waals surface area contributed by atoms with Crippen molar-refractivity contribution in [1.29, 1.82) is 0 Å². The molecule has 0 aromatic carbocycles. The number of rotatable bonds is 5. The molecular weight excluding hydrogens is 126 g/mol. The fourth-order valence-electron chi connectivity index (χ4n) is 1.02. The van der Waals surface area contributed by atoms with Gasteiger partial charge < -0.3 is 10.5 Å². The first-order valence-corrected chi connectivity index (χ1v) is 4.13. The van der Waals surface area contributed by atoms with Gasteiger partial charge in [0.2, 0.25) is 0 Å². The van der Waals surface area contributed by atoms with E-state index in [2.05, 4.69) is 13.8 Å². The lowest BCUT2D eigenvalue weighted by Crippen LogP contribution is -2.35. The van der Waals surface area contributed by atoms with Crippen molar-refractivity contribution in [3.05, 3.63) is 0 Å². The molecule has 0 bridgehead atoms. The minimum atomic E-state index is 0.213. The predicted molar refractivity (Wildman–Crippen MR) is 44.0 cm³/mol. The van der Waals surface area contributed by atoms with Crippen LogP contribution in [0.1, 0.15) is 33.6 Å². The second-order valence-corrected chi connectivity index (χ2v) is 2.47. The number of nitrogens with two attached hydrogens (primary N) is 1. The maximum absolute atomic E-state index is 5.79. The Morgan fingerprint density at radius 3 is 2.10 bits per heavy atom. The van der Waals surface area contributed by atoms with Gasteiger partial charge in [0.1, 0.15) is 0 Å². The quantitative estimate of drug-likeness (QED) is 0.637. The average Bonchev–Trinajstić information content (AvgIpc) is 1.99. The SMILES string of the molecule is CCOC(CC)[C@H](N)CC. The summed E-state index contributed by atoms with van der Waals surface area (Å²) in [6.07, 6.45) is 2.27. The minimum Gasteiger partial charge on any atom is -0.377 e. The molecule has 1 unspecified atom stereocenters. The Bertz CT molecular complexity index is 75.7. The molecule has 0 radical (unpaired) electrons. The number of hydrogen-bond donors (Lipinski definition) is 1. The third kappa shape index (κ3) is 3.18. The average molecular weight is 145 g/mol. The molecule has 0 rings (SSSR count). The summed E-state index contributed by atoms with van der Waals surface area (Å²) in [7, 11) is 0. The lowest BCUT2D eigenvalue weighted by atomic mass is 10.1. The lowest BCUT2D eigenvalue weighted by Gasteiger charge is -2.20. The van der Waals surface area contributed by atoms with Gasteiger partial charge in [-0.3, -0.25) is 0 Å². The Morgan fingerprint density at radius 1 is 1.20 bits per heavy atom. The van der Waals surface area contributed by atoms with Crippen LogP contribution in [0, 0.1) is 0 Å². The molecule has 10 heavy (non-hydrogen) atoms. The highest BCUT2D eigenvalue weighted by atomic mass is 16.5. The van der Waals surface area contributed by atoms with E-state index < -0.39 is 0 Å². The molecule has 0 aromatic heterocycles. The van der Waals surface area contributed by atoms with Gasteiger partial charge in [0.05, 0.1) is 6.10 Å². The molecule has 0 fully saturated rings. The van der Waals surface area contributed by atoms with Crippen LogP contribution in [0.4, 0.5) is 0 Å². The van der Waals surface area contributed by atoms with E-state index in [0.29, 0.717) is 0 Å². The van der Waals surface area contributed by atoms with Crippen molar-refractivity contribution in [2.24, 2.45) is 5.73 Å². The third-order valence-electron chi connectivity index (χ3n) is 1.73. The molecule has 0 aliphatic carbocycles. The van der Waals surface area contributed by atoms with Crippen LogP contribution < -0.4 is 5.73 Å². The molecule has 2 atom stereocenters. The predicted octanol–water partition coefficient (Wildman–Crippen LogP) is 1.54. The van der Waals surface area contributed by atoms with Crippen LogP contribution in [0.25, 0.3) is 0 Å². The summed E-state index contributed by atoms with van der Waals surface area (Å²) in [5.74, 6) is 0. The van der Waals surface area contributed by atoms with Crippen molar-refractivity contribution in [2.75, 3.05) is 6.61 Å². The second-order valence-electron chi connectivity index (χ2n) is 2.47. The summed E-state index contributed by atoms with van der Waals surface area (Å²) in [5, 5.41) is 0. The van der Waals surface area contributed by atoms with Crippen LogP contribution in [0.5, 0.6) is 0 Å². The highest BCUT2D eigenvalue weighted by Gasteiger charge is 2.12. The molecule has 0 saturated carbocycles. The van der Waals surface area contributed by atoms with E-state index in [4.69, 9.17) is 10.5 Å². The zero-order valence-corrected chi connectivity index (χ0v) is 7.26. The van der Waals surface area contributed by atoms with Gasteiger partial charge in [-0.2, -0.15) is 0 Å². The Kier molecular flexibility index (Phi) is 5.64. The van der Waals surface area contributed by atoms with E-state index in [1.54, 1.807) is 0 Å². The molecule has 2 N–H and O–H groups in total. The molecule has 0 amide bonds. The highest BCUT2D eigenvalue weighted by molar-refractivity contribution is 4.69. The number of ether oxygens (including phenoxy) is 1. The molecule has 0 saturated heterocycles. The normalized spacial score (nSPS) is 16.8. The fourth-order valence-corrected chi connectivity index (χ4v) is 1.02. The molecule has 0 heterocycles. The Labute approximate surface area is 63.7 Å². The summed E-state index contributed by atoms with van der Waals surface area (Å²) in [5.41, 5.74) is 5.79. The van der Waals surface area contributed by atoms with E-state index in [1.165, 1.54) is 0 Å². The molecule has 0 aliphatic rings. The molecule has 62 valence electrons. The van der Waals surface area contributed by atoms with Crippen molar-refractivity contribution in [3.63, 3.8) is 0 Å². The van der Waals surface area contributed by atoms with Gasteiger partial charge in [0.15, 0.2) is 0 Å². The van der Waals surface area contributed by atoms with Crippen LogP contribution >= 0.6 is 0 Å². The van der Waals surface area contributed by atoms with Crippen LogP contribution in [0.3, 0.4) is 0 Å². The van der Waals surface area contributed by atoms with Gasteiger partial charge >= 0.3 is 0 Å². The molecule has 2 nitrogen and oxygen atoms in total. The Hall–Kier alpha value is -0.0800. The van der Waals surface area contributed by atoms with E-state index in [9.17, 15) is 0 Å². The van der Waals surface area contributed by atoms with Gasteiger partial charge in [0.25, 0.3) is 0 Å². The van der Waals surface area contributed by atoms with Crippen LogP contribution in [0.15, 0.2) is 0 Å². The maximum Gasteiger partial charge on any atom is 0.0723 e. The topological polar surface area (TPSA) is 35.2 Å². The van der Waals surface area contributed by atoms with Gasteiger partial charge in [-0.25, -0.2) is 0 Å². The summed E-state index contributed by atoms with van der Waals surface area (Å²) in [6.45, 7) is 6.97. The largest absolute Gasteiger partial charge is 0.377 e. The smallest absolute Gasteiger partial charge is 0.0723 e. The zero-order valence-electron chi connectivity index (χ0n) is 7.26. The minimum absolute atomic E-state index is 0.213. The van der Waals surface area contributed by atoms with Gasteiger partial charge in [0, 0.05) is 12.6 Å². The summed E-state index contributed by atoms with van der Waals surface area (Å²) in [4.78, 5) is 0. The van der Waals surface area contributed by atoms with Gasteiger partial charge in [-0.1, -0.05) is 13.8 Å². The van der Waals surface area contributed by atoms with Crippen LogP contribution in [-0.4, -0.2) is 18.8 Å². The van der Waals surface area contributed by atoms with Crippen LogP contribution in [0.2, 0.25) is 0 Å². The lowest BCUT2D eigenvalue weighted by molar-refractivity contribution is 0.0408. The second kappa shape index (κ2) is 5.69. The van der Waals surface area contributed by atoms with Crippen LogP contribution in [-0.2, 0) is 4.74 Å². The zero-order chi connectivity index (χ0) is 7.98. The number of hydrogen-bond acceptors (Lipinski definition) is 2. The first-order valence-electron chi connectivity index (χ1n) is 4.13. The van der Waals surface area contributed by atoms with E-state index in [0.717, 1.165) is 19.4 Å². The summed E-state index contributed by atoms with van der Waals surface area (Å²) < 4.78 is 5.42. The summed E-state index contributed by atoms with van der Waals surface area (Å²) >= 11 is 0. The molecular formula is C8H19NO. The highest BCUT2D eigenvalue weighted by Crippen LogP contribution is 2.04. The monoisotopic (exact) mass is 145 g/mol. The summed E-state index contributed by atoms with van der Waals surface area (Å²) in [6, 6.07) is 0.213. The van der Waals surface area contributed by atoms with E-state index in [1.807, 2.05) is 6.92 Å². The fraction of sp³-hybridized carbons (Fsp3) is 1.00. The molecule has 0 aromatic rings. The Morgan fingerprint density at radius 2 is 1.80 bits per heavy atom. The van der Waals surface area contributed by atoms with Crippen molar-refractivity contribution in [1.82, 2.24) is 0 Å². The van der Waals surface area contributed by atoms with E-state index in [-0.39, 0.29) is 12.1 Å². The van der Waals surface area contributed by atoms with Crippen molar-refractivity contribution in [3.8, 4) is 0 Å². The standard InChI is InChI=1S/C8H19NO/c1-4-7(9)8(5-2)10-6-3/h7-8H,4-6,9H2,1-3H3/t7-,8?/m1/s1. The van der Waals surface area contributed by atoms with Crippen molar-refractivity contribution in [2.45, 2.75) is 45.8 Å². The molecule has 0 spiro atoms. The van der Waals surface area contributed by atoms with Gasteiger partial charge in [-0.05, 0) is 19.8 Å². The molecule has 2 heteroatoms. The van der Waals surface area contributed by atoms with E-state index >= 15 is 0 Å². The van der Waals surface area contributed by atoms with Gasteiger partial charge in [-0.15, -0.1) is 0 Å². The first kappa shape index (κ1) is 9.92. The maximum atomic E-state index is 5.79. The first-order chi connectivity index (χ1) is 4.76. The van der Waals surface area contributed by atoms with Crippen molar-refractivity contribution < 1.29 is 4.74 Å².